The molecule has 0 atom stereocenters. The van der Waals surface area contributed by atoms with Gasteiger partial charge < -0.3 is 10.1 Å². The first-order valence-corrected chi connectivity index (χ1v) is 7.27. The lowest BCUT2D eigenvalue weighted by molar-refractivity contribution is -0.112. The Hall–Kier alpha value is -2.07. The third kappa shape index (κ3) is 4.20. The molecule has 0 aliphatic heterocycles. The highest BCUT2D eigenvalue weighted by Crippen LogP contribution is 2.26. The van der Waals surface area contributed by atoms with Gasteiger partial charge in [0.25, 0.3) is 5.91 Å². The maximum atomic E-state index is 12.2. The van der Waals surface area contributed by atoms with Crippen LogP contribution in [0.25, 0.3) is 6.08 Å². The standard InChI is InChI=1S/C17H16BrNO2/c1-12-8-9-16(21-2)15(10-12)19-17(20)14(18)11-13-6-4-3-5-7-13/h3-11H,1-2H3,(H,19,20). The van der Waals surface area contributed by atoms with E-state index in [4.69, 9.17) is 4.74 Å². The number of halogens is 1. The second-order valence-electron chi connectivity index (χ2n) is 4.56. The zero-order valence-electron chi connectivity index (χ0n) is 11.9. The van der Waals surface area contributed by atoms with Crippen molar-refractivity contribution in [2.24, 2.45) is 0 Å². The molecular weight excluding hydrogens is 330 g/mol. The molecule has 3 nitrogen and oxygen atoms in total. The average Bonchev–Trinajstić information content (AvgIpc) is 2.48. The molecule has 0 aliphatic carbocycles. The molecule has 0 saturated carbocycles. The summed E-state index contributed by atoms with van der Waals surface area (Å²) in [5, 5.41) is 2.84. The van der Waals surface area contributed by atoms with E-state index in [2.05, 4.69) is 21.2 Å². The van der Waals surface area contributed by atoms with Crippen molar-refractivity contribution in [1.82, 2.24) is 0 Å². The maximum Gasteiger partial charge on any atom is 0.262 e. The van der Waals surface area contributed by atoms with Crippen LogP contribution in [0, 0.1) is 6.92 Å². The molecule has 0 bridgehead atoms. The highest BCUT2D eigenvalue weighted by atomic mass is 79.9. The number of ether oxygens (including phenoxy) is 1. The predicted molar refractivity (Wildman–Crippen MR) is 89.7 cm³/mol. The van der Waals surface area contributed by atoms with Gasteiger partial charge in [-0.25, -0.2) is 0 Å². The van der Waals surface area contributed by atoms with Gasteiger partial charge in [0.1, 0.15) is 5.75 Å². The molecule has 0 aromatic heterocycles. The van der Waals surface area contributed by atoms with Gasteiger partial charge in [0.05, 0.1) is 17.3 Å². The summed E-state index contributed by atoms with van der Waals surface area (Å²) in [4.78, 5) is 12.2. The SMILES string of the molecule is COc1ccc(C)cc1NC(=O)C(Br)=Cc1ccccc1. The Bertz CT molecular complexity index is 666. The van der Waals surface area contributed by atoms with E-state index in [0.717, 1.165) is 11.1 Å². The number of aryl methyl sites for hydroxylation is 1. The van der Waals surface area contributed by atoms with Gasteiger partial charge in [-0.1, -0.05) is 36.4 Å². The van der Waals surface area contributed by atoms with Gasteiger partial charge in [-0.3, -0.25) is 4.79 Å². The molecule has 2 rings (SSSR count). The van der Waals surface area contributed by atoms with Gasteiger partial charge >= 0.3 is 0 Å². The maximum absolute atomic E-state index is 12.2. The molecule has 0 aliphatic rings. The van der Waals surface area contributed by atoms with Crippen LogP contribution < -0.4 is 10.1 Å². The van der Waals surface area contributed by atoms with Crippen LogP contribution in [-0.4, -0.2) is 13.0 Å². The molecule has 108 valence electrons. The van der Waals surface area contributed by atoms with E-state index in [1.165, 1.54) is 0 Å². The Balaban J connectivity index is 2.18. The van der Waals surface area contributed by atoms with Crippen LogP contribution in [0.4, 0.5) is 5.69 Å². The van der Waals surface area contributed by atoms with Crippen molar-refractivity contribution in [3.8, 4) is 5.75 Å². The Kier molecular flexibility index (Phi) is 5.17. The Morgan fingerprint density at radius 3 is 2.57 bits per heavy atom. The molecule has 1 N–H and O–H groups in total. The Labute approximate surface area is 132 Å². The lowest BCUT2D eigenvalue weighted by atomic mass is 10.2. The summed E-state index contributed by atoms with van der Waals surface area (Å²) >= 11 is 3.31. The number of carbonyl (C=O) groups is 1. The average molecular weight is 346 g/mol. The molecule has 0 radical (unpaired) electrons. The molecule has 21 heavy (non-hydrogen) atoms. The molecule has 2 aromatic carbocycles. The molecular formula is C17H16BrNO2. The topological polar surface area (TPSA) is 38.3 Å². The van der Waals surface area contributed by atoms with Crippen molar-refractivity contribution < 1.29 is 9.53 Å². The highest BCUT2D eigenvalue weighted by Gasteiger charge is 2.10. The van der Waals surface area contributed by atoms with Gasteiger partial charge in [0, 0.05) is 0 Å². The summed E-state index contributed by atoms with van der Waals surface area (Å²) in [5.74, 6) is 0.414. The van der Waals surface area contributed by atoms with E-state index in [9.17, 15) is 4.79 Å². The lowest BCUT2D eigenvalue weighted by Crippen LogP contribution is -2.12. The number of nitrogens with one attached hydrogen (secondary N) is 1. The smallest absolute Gasteiger partial charge is 0.262 e. The van der Waals surface area contributed by atoms with Gasteiger partial charge in [-0.2, -0.15) is 0 Å². The fraction of sp³-hybridized carbons (Fsp3) is 0.118. The number of amides is 1. The van der Waals surface area contributed by atoms with Crippen molar-refractivity contribution in [1.29, 1.82) is 0 Å². The van der Waals surface area contributed by atoms with Crippen molar-refractivity contribution in [2.45, 2.75) is 6.92 Å². The second kappa shape index (κ2) is 7.09. The van der Waals surface area contributed by atoms with Crippen LogP contribution in [-0.2, 0) is 4.79 Å². The summed E-state index contributed by atoms with van der Waals surface area (Å²) in [6.45, 7) is 1.96. The minimum atomic E-state index is -0.220. The zero-order valence-corrected chi connectivity index (χ0v) is 13.5. The highest BCUT2D eigenvalue weighted by molar-refractivity contribution is 9.12. The number of rotatable bonds is 4. The first-order valence-electron chi connectivity index (χ1n) is 6.48. The molecule has 4 heteroatoms. The third-order valence-electron chi connectivity index (χ3n) is 2.91. The van der Waals surface area contributed by atoms with E-state index in [1.54, 1.807) is 13.2 Å². The molecule has 1 amide bonds. The van der Waals surface area contributed by atoms with Crippen LogP contribution in [0.1, 0.15) is 11.1 Å². The number of hydrogen-bond donors (Lipinski definition) is 1. The Morgan fingerprint density at radius 2 is 1.90 bits per heavy atom. The fourth-order valence-electron chi connectivity index (χ4n) is 1.86. The van der Waals surface area contributed by atoms with Gasteiger partial charge in [-0.05, 0) is 52.2 Å². The number of methoxy groups -OCH3 is 1. The van der Waals surface area contributed by atoms with Crippen LogP contribution in [0.5, 0.6) is 5.75 Å². The molecule has 0 fully saturated rings. The zero-order chi connectivity index (χ0) is 15.2. The first-order chi connectivity index (χ1) is 10.1. The summed E-state index contributed by atoms with van der Waals surface area (Å²) < 4.78 is 5.71. The van der Waals surface area contributed by atoms with E-state index < -0.39 is 0 Å². The van der Waals surface area contributed by atoms with Crippen molar-refractivity contribution in [3.05, 3.63) is 64.1 Å². The van der Waals surface area contributed by atoms with Crippen molar-refractivity contribution >= 4 is 33.6 Å². The number of carbonyl (C=O) groups excluding carboxylic acids is 1. The second-order valence-corrected chi connectivity index (χ2v) is 5.42. The van der Waals surface area contributed by atoms with Gasteiger partial charge in [0.15, 0.2) is 0 Å². The molecule has 2 aromatic rings. The monoisotopic (exact) mass is 345 g/mol. The molecule has 0 spiro atoms. The molecule has 0 saturated heterocycles. The van der Waals surface area contributed by atoms with Crippen LogP contribution in [0.15, 0.2) is 53.0 Å². The largest absolute Gasteiger partial charge is 0.495 e. The van der Waals surface area contributed by atoms with Crippen LogP contribution in [0.2, 0.25) is 0 Å². The Morgan fingerprint density at radius 1 is 1.19 bits per heavy atom. The van der Waals surface area contributed by atoms with E-state index in [0.29, 0.717) is 15.9 Å². The third-order valence-corrected chi connectivity index (χ3v) is 3.50. The number of benzene rings is 2. The van der Waals surface area contributed by atoms with Gasteiger partial charge in [0.2, 0.25) is 0 Å². The van der Waals surface area contributed by atoms with Crippen LogP contribution >= 0.6 is 15.9 Å². The van der Waals surface area contributed by atoms with E-state index in [-0.39, 0.29) is 5.91 Å². The molecule has 0 heterocycles. The summed E-state index contributed by atoms with van der Waals surface area (Å²) in [6, 6.07) is 15.3. The molecule has 0 unspecified atom stereocenters. The van der Waals surface area contributed by atoms with Crippen molar-refractivity contribution in [3.63, 3.8) is 0 Å². The van der Waals surface area contributed by atoms with E-state index >= 15 is 0 Å². The quantitative estimate of drug-likeness (QED) is 0.835. The summed E-state index contributed by atoms with van der Waals surface area (Å²) in [5.41, 5.74) is 2.66. The minimum absolute atomic E-state index is 0.220. The lowest BCUT2D eigenvalue weighted by Gasteiger charge is -2.10. The number of anilines is 1. The van der Waals surface area contributed by atoms with E-state index in [1.807, 2.05) is 55.5 Å². The summed E-state index contributed by atoms with van der Waals surface area (Å²) in [6.07, 6.45) is 1.78. The number of hydrogen-bond acceptors (Lipinski definition) is 2. The van der Waals surface area contributed by atoms with Crippen molar-refractivity contribution in [2.75, 3.05) is 12.4 Å². The van der Waals surface area contributed by atoms with Crippen LogP contribution in [0.3, 0.4) is 0 Å². The normalized spacial score (nSPS) is 11.1. The minimum Gasteiger partial charge on any atom is -0.495 e. The summed E-state index contributed by atoms with van der Waals surface area (Å²) in [7, 11) is 1.58. The van der Waals surface area contributed by atoms with Gasteiger partial charge in [-0.15, -0.1) is 0 Å². The predicted octanol–water partition coefficient (Wildman–Crippen LogP) is 4.38. The fourth-order valence-corrected chi connectivity index (χ4v) is 2.23. The first kappa shape index (κ1) is 15.3.